The summed E-state index contributed by atoms with van der Waals surface area (Å²) < 4.78 is 24.5. The Labute approximate surface area is 108 Å². The SMILES string of the molecule is Cc1ccc(S(=O)(=O)CC2(O)CCCNC2)cc1. The minimum absolute atomic E-state index is 0.212. The third kappa shape index (κ3) is 3.10. The topological polar surface area (TPSA) is 66.4 Å². The lowest BCUT2D eigenvalue weighted by Crippen LogP contribution is -2.50. The van der Waals surface area contributed by atoms with Crippen molar-refractivity contribution in [1.82, 2.24) is 5.32 Å². The highest BCUT2D eigenvalue weighted by atomic mass is 32.2. The number of benzene rings is 1. The fourth-order valence-electron chi connectivity index (χ4n) is 2.26. The quantitative estimate of drug-likeness (QED) is 0.855. The number of nitrogens with one attached hydrogen (secondary N) is 1. The smallest absolute Gasteiger partial charge is 0.181 e. The Hall–Kier alpha value is -0.910. The number of hydrogen-bond donors (Lipinski definition) is 2. The number of rotatable bonds is 3. The lowest BCUT2D eigenvalue weighted by Gasteiger charge is -2.32. The summed E-state index contributed by atoms with van der Waals surface area (Å²) in [5.74, 6) is -0.212. The molecular formula is C13H19NO3S. The lowest BCUT2D eigenvalue weighted by molar-refractivity contribution is 0.0383. The van der Waals surface area contributed by atoms with Gasteiger partial charge < -0.3 is 10.4 Å². The van der Waals surface area contributed by atoms with Gasteiger partial charge in [-0.05, 0) is 38.4 Å². The summed E-state index contributed by atoms with van der Waals surface area (Å²) in [6.45, 7) is 3.10. The molecule has 18 heavy (non-hydrogen) atoms. The number of β-amino-alcohol motifs (C(OH)–C–C–N with tert-alkyl or cyclic N) is 1. The van der Waals surface area contributed by atoms with Crippen molar-refractivity contribution in [2.75, 3.05) is 18.8 Å². The van der Waals surface area contributed by atoms with E-state index in [1.165, 1.54) is 0 Å². The first-order valence-corrected chi connectivity index (χ1v) is 7.79. The predicted octanol–water partition coefficient (Wildman–Crippen LogP) is 0.883. The number of aliphatic hydroxyl groups is 1. The zero-order chi connectivity index (χ0) is 13.2. The van der Waals surface area contributed by atoms with E-state index in [0.29, 0.717) is 13.0 Å². The van der Waals surface area contributed by atoms with Crippen LogP contribution in [0.5, 0.6) is 0 Å². The molecule has 1 unspecified atom stereocenters. The van der Waals surface area contributed by atoms with Crippen LogP contribution in [0.25, 0.3) is 0 Å². The van der Waals surface area contributed by atoms with Crippen LogP contribution in [0, 0.1) is 6.92 Å². The monoisotopic (exact) mass is 269 g/mol. The molecule has 0 aliphatic carbocycles. The van der Waals surface area contributed by atoms with Gasteiger partial charge in [-0.1, -0.05) is 17.7 Å². The van der Waals surface area contributed by atoms with Gasteiger partial charge in [0.05, 0.1) is 16.2 Å². The zero-order valence-electron chi connectivity index (χ0n) is 10.5. The van der Waals surface area contributed by atoms with Crippen LogP contribution in [0.15, 0.2) is 29.2 Å². The van der Waals surface area contributed by atoms with Gasteiger partial charge in [-0.25, -0.2) is 8.42 Å². The van der Waals surface area contributed by atoms with Gasteiger partial charge in [0.2, 0.25) is 0 Å². The van der Waals surface area contributed by atoms with E-state index in [2.05, 4.69) is 5.32 Å². The second kappa shape index (κ2) is 4.99. The van der Waals surface area contributed by atoms with E-state index < -0.39 is 15.4 Å². The van der Waals surface area contributed by atoms with Crippen LogP contribution in [0.1, 0.15) is 18.4 Å². The van der Waals surface area contributed by atoms with E-state index in [4.69, 9.17) is 0 Å². The average Bonchev–Trinajstić information content (AvgIpc) is 2.29. The second-order valence-corrected chi connectivity index (χ2v) is 7.07. The summed E-state index contributed by atoms with van der Waals surface area (Å²) >= 11 is 0. The first-order valence-electron chi connectivity index (χ1n) is 6.14. The highest BCUT2D eigenvalue weighted by Crippen LogP contribution is 2.22. The van der Waals surface area contributed by atoms with E-state index in [-0.39, 0.29) is 10.6 Å². The molecule has 0 bridgehead atoms. The normalized spacial score (nSPS) is 25.0. The minimum atomic E-state index is -3.43. The maximum atomic E-state index is 12.2. The third-order valence-electron chi connectivity index (χ3n) is 3.29. The molecule has 0 saturated carbocycles. The van der Waals surface area contributed by atoms with Crippen LogP contribution >= 0.6 is 0 Å². The second-order valence-electron chi connectivity index (χ2n) is 5.08. The van der Waals surface area contributed by atoms with Gasteiger partial charge in [0, 0.05) is 6.54 Å². The van der Waals surface area contributed by atoms with Crippen LogP contribution in [0.3, 0.4) is 0 Å². The van der Waals surface area contributed by atoms with Crippen molar-refractivity contribution in [3.63, 3.8) is 0 Å². The summed E-state index contributed by atoms with van der Waals surface area (Å²) in [6, 6.07) is 6.75. The zero-order valence-corrected chi connectivity index (χ0v) is 11.3. The Kier molecular flexibility index (Phi) is 3.75. The largest absolute Gasteiger partial charge is 0.387 e. The van der Waals surface area contributed by atoms with Crippen molar-refractivity contribution in [3.05, 3.63) is 29.8 Å². The molecule has 5 heteroatoms. The molecular weight excluding hydrogens is 250 g/mol. The number of piperidine rings is 1. The molecule has 1 aliphatic heterocycles. The van der Waals surface area contributed by atoms with Gasteiger partial charge in [-0.2, -0.15) is 0 Å². The highest BCUT2D eigenvalue weighted by Gasteiger charge is 2.35. The molecule has 2 N–H and O–H groups in total. The van der Waals surface area contributed by atoms with Crippen LogP contribution in [-0.2, 0) is 9.84 Å². The van der Waals surface area contributed by atoms with Crippen LogP contribution in [0.2, 0.25) is 0 Å². The first-order chi connectivity index (χ1) is 8.41. The van der Waals surface area contributed by atoms with Gasteiger partial charge >= 0.3 is 0 Å². The van der Waals surface area contributed by atoms with Crippen molar-refractivity contribution >= 4 is 9.84 Å². The van der Waals surface area contributed by atoms with Crippen molar-refractivity contribution in [1.29, 1.82) is 0 Å². The van der Waals surface area contributed by atoms with E-state index >= 15 is 0 Å². The van der Waals surface area contributed by atoms with Crippen molar-refractivity contribution in [2.45, 2.75) is 30.3 Å². The molecule has 0 aromatic heterocycles. The standard InChI is InChI=1S/C13H19NO3S/c1-11-3-5-12(6-4-11)18(16,17)10-13(15)7-2-8-14-9-13/h3-6,14-15H,2,7-10H2,1H3. The Morgan fingerprint density at radius 3 is 2.56 bits per heavy atom. The predicted molar refractivity (Wildman–Crippen MR) is 70.3 cm³/mol. The molecule has 1 aliphatic rings. The van der Waals surface area contributed by atoms with Gasteiger partial charge in [0.15, 0.2) is 9.84 Å². The summed E-state index contributed by atoms with van der Waals surface area (Å²) in [5.41, 5.74) is -0.117. The Bertz CT molecular complexity index is 502. The maximum Gasteiger partial charge on any atom is 0.181 e. The molecule has 1 saturated heterocycles. The first kappa shape index (κ1) is 13.5. The molecule has 0 amide bonds. The summed E-state index contributed by atoms with van der Waals surface area (Å²) in [5, 5.41) is 13.3. The molecule has 100 valence electrons. The Balaban J connectivity index is 2.18. The molecule has 0 spiro atoms. The molecule has 1 aromatic carbocycles. The Morgan fingerprint density at radius 2 is 2.00 bits per heavy atom. The molecule has 1 atom stereocenters. The van der Waals surface area contributed by atoms with Gasteiger partial charge in [-0.3, -0.25) is 0 Å². The average molecular weight is 269 g/mol. The molecule has 1 heterocycles. The maximum absolute atomic E-state index is 12.2. The minimum Gasteiger partial charge on any atom is -0.387 e. The Morgan fingerprint density at radius 1 is 1.33 bits per heavy atom. The lowest BCUT2D eigenvalue weighted by atomic mass is 9.97. The van der Waals surface area contributed by atoms with Crippen molar-refractivity contribution < 1.29 is 13.5 Å². The van der Waals surface area contributed by atoms with Gasteiger partial charge in [0.1, 0.15) is 0 Å². The summed E-state index contributed by atoms with van der Waals surface area (Å²) in [7, 11) is -3.43. The van der Waals surface area contributed by atoms with Crippen molar-refractivity contribution in [2.24, 2.45) is 0 Å². The molecule has 2 rings (SSSR count). The number of hydrogen-bond acceptors (Lipinski definition) is 4. The van der Waals surface area contributed by atoms with Gasteiger partial charge in [0.25, 0.3) is 0 Å². The summed E-state index contributed by atoms with van der Waals surface area (Å²) in [6.07, 6.45) is 1.34. The fraction of sp³-hybridized carbons (Fsp3) is 0.538. The van der Waals surface area contributed by atoms with Crippen LogP contribution in [-0.4, -0.2) is 38.0 Å². The van der Waals surface area contributed by atoms with E-state index in [9.17, 15) is 13.5 Å². The van der Waals surface area contributed by atoms with E-state index in [1.807, 2.05) is 6.92 Å². The molecule has 1 aromatic rings. The van der Waals surface area contributed by atoms with Crippen molar-refractivity contribution in [3.8, 4) is 0 Å². The highest BCUT2D eigenvalue weighted by molar-refractivity contribution is 7.91. The molecule has 1 fully saturated rings. The number of aryl methyl sites for hydroxylation is 1. The van der Waals surface area contributed by atoms with Crippen LogP contribution < -0.4 is 5.32 Å². The molecule has 0 radical (unpaired) electrons. The van der Waals surface area contributed by atoms with E-state index in [1.54, 1.807) is 24.3 Å². The molecule has 4 nitrogen and oxygen atoms in total. The van der Waals surface area contributed by atoms with E-state index in [0.717, 1.165) is 18.5 Å². The fourth-order valence-corrected chi connectivity index (χ4v) is 3.93. The third-order valence-corrected chi connectivity index (χ3v) is 5.20. The number of sulfone groups is 1. The van der Waals surface area contributed by atoms with Crippen LogP contribution in [0.4, 0.5) is 0 Å². The van der Waals surface area contributed by atoms with Gasteiger partial charge in [-0.15, -0.1) is 0 Å². The summed E-state index contributed by atoms with van der Waals surface area (Å²) in [4.78, 5) is 0.284.